The molecule has 0 radical (unpaired) electrons. The van der Waals surface area contributed by atoms with E-state index in [9.17, 15) is 13.2 Å². The van der Waals surface area contributed by atoms with E-state index in [1.54, 1.807) is 30.5 Å². The molecule has 9 heteroatoms. The van der Waals surface area contributed by atoms with Crippen LogP contribution in [0.4, 0.5) is 5.69 Å². The Morgan fingerprint density at radius 1 is 1.36 bits per heavy atom. The van der Waals surface area contributed by atoms with Gasteiger partial charge in [0.25, 0.3) is 5.91 Å². The number of hydrogen-bond donors (Lipinski definition) is 2. The van der Waals surface area contributed by atoms with Crippen molar-refractivity contribution >= 4 is 21.6 Å². The molecule has 1 amide bonds. The first-order valence-corrected chi connectivity index (χ1v) is 9.49. The van der Waals surface area contributed by atoms with Crippen LogP contribution in [0.3, 0.4) is 0 Å². The highest BCUT2D eigenvalue weighted by Crippen LogP contribution is 2.26. The predicted molar refractivity (Wildman–Crippen MR) is 93.1 cm³/mol. The molecule has 2 aromatic rings. The standard InChI is InChI=1S/C16H20N4O4S/c1-11-10-12(7-9-24-11)25(22,23)19-13-4-2-3-5-15(13)20-8-6-14(18-20)16(17)21/h2-6,8,11-12,19H,7,9-10H2,1H3,(H2,17,21)/t11-,12-/m0/s1. The predicted octanol–water partition coefficient (Wildman–Crippen LogP) is 1.28. The number of para-hydroxylation sites is 2. The van der Waals surface area contributed by atoms with E-state index >= 15 is 0 Å². The van der Waals surface area contributed by atoms with Crippen molar-refractivity contribution in [1.29, 1.82) is 0 Å². The van der Waals surface area contributed by atoms with Crippen molar-refractivity contribution in [2.45, 2.75) is 31.1 Å². The van der Waals surface area contributed by atoms with E-state index in [2.05, 4.69) is 9.82 Å². The van der Waals surface area contributed by atoms with Gasteiger partial charge in [0.1, 0.15) is 5.69 Å². The van der Waals surface area contributed by atoms with Crippen molar-refractivity contribution in [1.82, 2.24) is 9.78 Å². The number of sulfonamides is 1. The zero-order chi connectivity index (χ0) is 18.0. The molecule has 0 spiro atoms. The van der Waals surface area contributed by atoms with Crippen molar-refractivity contribution < 1.29 is 17.9 Å². The molecule has 1 aromatic heterocycles. The first-order chi connectivity index (χ1) is 11.9. The molecule has 0 unspecified atom stereocenters. The molecule has 0 bridgehead atoms. The quantitative estimate of drug-likeness (QED) is 0.829. The molecule has 2 atom stereocenters. The summed E-state index contributed by atoms with van der Waals surface area (Å²) in [5, 5.41) is 3.57. The van der Waals surface area contributed by atoms with Crippen LogP contribution in [0.2, 0.25) is 0 Å². The number of carbonyl (C=O) groups is 1. The molecule has 25 heavy (non-hydrogen) atoms. The summed E-state index contributed by atoms with van der Waals surface area (Å²) in [6.07, 6.45) is 2.37. The lowest BCUT2D eigenvalue weighted by Crippen LogP contribution is -2.36. The molecule has 134 valence electrons. The average Bonchev–Trinajstić information content (AvgIpc) is 3.05. The minimum absolute atomic E-state index is 0.0881. The summed E-state index contributed by atoms with van der Waals surface area (Å²) < 4.78 is 35.0. The highest BCUT2D eigenvalue weighted by molar-refractivity contribution is 7.93. The fraction of sp³-hybridized carbons (Fsp3) is 0.375. The molecule has 3 N–H and O–H groups in total. The van der Waals surface area contributed by atoms with Gasteiger partial charge in [-0.05, 0) is 38.0 Å². The number of aromatic nitrogens is 2. The molecule has 0 aliphatic carbocycles. The third-order valence-electron chi connectivity index (χ3n) is 4.12. The van der Waals surface area contributed by atoms with Gasteiger partial charge in [-0.2, -0.15) is 5.10 Å². The maximum Gasteiger partial charge on any atom is 0.269 e. The number of rotatable bonds is 5. The maximum absolute atomic E-state index is 12.7. The highest BCUT2D eigenvalue weighted by Gasteiger charge is 2.31. The largest absolute Gasteiger partial charge is 0.378 e. The number of carbonyl (C=O) groups excluding carboxylic acids is 1. The summed E-state index contributed by atoms with van der Waals surface area (Å²) in [7, 11) is -3.57. The molecule has 1 saturated heterocycles. The number of primary amides is 1. The summed E-state index contributed by atoms with van der Waals surface area (Å²) in [5.74, 6) is -0.645. The van der Waals surface area contributed by atoms with Gasteiger partial charge in [-0.25, -0.2) is 13.1 Å². The molecule has 1 aromatic carbocycles. The molecule has 8 nitrogen and oxygen atoms in total. The molecule has 1 aliphatic heterocycles. The Bertz CT molecular complexity index is 878. The Morgan fingerprint density at radius 2 is 2.12 bits per heavy atom. The summed E-state index contributed by atoms with van der Waals surface area (Å²) in [6.45, 7) is 2.29. The van der Waals surface area contributed by atoms with E-state index < -0.39 is 21.2 Å². The number of anilines is 1. The monoisotopic (exact) mass is 364 g/mol. The fourth-order valence-corrected chi connectivity index (χ4v) is 4.40. The maximum atomic E-state index is 12.7. The minimum Gasteiger partial charge on any atom is -0.378 e. The molecular formula is C16H20N4O4S. The van der Waals surface area contributed by atoms with Crippen LogP contribution in [0.15, 0.2) is 36.5 Å². The molecular weight excluding hydrogens is 344 g/mol. The summed E-state index contributed by atoms with van der Waals surface area (Å²) >= 11 is 0. The number of ether oxygens (including phenoxy) is 1. The average molecular weight is 364 g/mol. The topological polar surface area (TPSA) is 116 Å². The molecule has 3 rings (SSSR count). The van der Waals surface area contributed by atoms with E-state index in [0.717, 1.165) is 0 Å². The lowest BCUT2D eigenvalue weighted by molar-refractivity contribution is 0.0302. The Balaban J connectivity index is 1.89. The first kappa shape index (κ1) is 17.4. The first-order valence-electron chi connectivity index (χ1n) is 7.95. The van der Waals surface area contributed by atoms with E-state index in [4.69, 9.17) is 10.5 Å². The Hall–Kier alpha value is -2.39. The van der Waals surface area contributed by atoms with Crippen LogP contribution >= 0.6 is 0 Å². The number of amides is 1. The Kier molecular flexibility index (Phi) is 4.78. The van der Waals surface area contributed by atoms with E-state index in [1.165, 1.54) is 10.7 Å². The number of nitrogens with two attached hydrogens (primary N) is 1. The van der Waals surface area contributed by atoms with Gasteiger partial charge in [0, 0.05) is 12.8 Å². The van der Waals surface area contributed by atoms with Crippen molar-refractivity contribution in [3.63, 3.8) is 0 Å². The second-order valence-corrected chi connectivity index (χ2v) is 7.96. The van der Waals surface area contributed by atoms with Gasteiger partial charge in [0.15, 0.2) is 0 Å². The van der Waals surface area contributed by atoms with Crippen LogP contribution in [0.1, 0.15) is 30.3 Å². The Labute approximate surface area is 146 Å². The number of hydrogen-bond acceptors (Lipinski definition) is 5. The van der Waals surface area contributed by atoms with Gasteiger partial charge in [-0.3, -0.25) is 9.52 Å². The zero-order valence-electron chi connectivity index (χ0n) is 13.8. The lowest BCUT2D eigenvalue weighted by atomic mass is 10.1. The van der Waals surface area contributed by atoms with E-state index in [-0.39, 0.29) is 11.8 Å². The van der Waals surface area contributed by atoms with E-state index in [0.29, 0.717) is 30.8 Å². The van der Waals surface area contributed by atoms with Gasteiger partial charge in [-0.15, -0.1) is 0 Å². The van der Waals surface area contributed by atoms with Crippen LogP contribution in [-0.4, -0.2) is 42.1 Å². The molecule has 0 saturated carbocycles. The second-order valence-electron chi connectivity index (χ2n) is 6.00. The number of benzene rings is 1. The van der Waals surface area contributed by atoms with Crippen LogP contribution in [0, 0.1) is 0 Å². The van der Waals surface area contributed by atoms with Gasteiger partial charge in [0.05, 0.1) is 22.7 Å². The van der Waals surface area contributed by atoms with E-state index in [1.807, 2.05) is 6.92 Å². The highest BCUT2D eigenvalue weighted by atomic mass is 32.2. The molecule has 1 fully saturated rings. The van der Waals surface area contributed by atoms with Crippen molar-refractivity contribution in [3.05, 3.63) is 42.2 Å². The van der Waals surface area contributed by atoms with Crippen LogP contribution in [0.5, 0.6) is 0 Å². The minimum atomic E-state index is -3.57. The van der Waals surface area contributed by atoms with Gasteiger partial charge in [-0.1, -0.05) is 12.1 Å². The fourth-order valence-electron chi connectivity index (χ4n) is 2.82. The zero-order valence-corrected chi connectivity index (χ0v) is 14.6. The normalized spacial score (nSPS) is 21.0. The van der Waals surface area contributed by atoms with Crippen molar-refractivity contribution in [3.8, 4) is 5.69 Å². The lowest BCUT2D eigenvalue weighted by Gasteiger charge is -2.27. The van der Waals surface area contributed by atoms with Gasteiger partial charge in [0.2, 0.25) is 10.0 Å². The summed E-state index contributed by atoms with van der Waals surface area (Å²) in [6, 6.07) is 8.33. The third-order valence-corrected chi connectivity index (χ3v) is 5.93. The molecule has 2 heterocycles. The van der Waals surface area contributed by atoms with Crippen molar-refractivity contribution in [2.75, 3.05) is 11.3 Å². The number of nitrogens with zero attached hydrogens (tertiary/aromatic N) is 2. The number of nitrogens with one attached hydrogen (secondary N) is 1. The van der Waals surface area contributed by atoms with Crippen LogP contribution in [-0.2, 0) is 14.8 Å². The summed E-state index contributed by atoms with van der Waals surface area (Å²) in [5.41, 5.74) is 6.23. The van der Waals surface area contributed by atoms with Crippen molar-refractivity contribution in [2.24, 2.45) is 5.73 Å². The molecule has 1 aliphatic rings. The second kappa shape index (κ2) is 6.85. The SMILES string of the molecule is C[C@H]1C[C@@H](S(=O)(=O)Nc2ccccc2-n2ccc(C(N)=O)n2)CCO1. The smallest absolute Gasteiger partial charge is 0.269 e. The van der Waals surface area contributed by atoms with Crippen LogP contribution in [0.25, 0.3) is 5.69 Å². The Morgan fingerprint density at radius 3 is 2.80 bits per heavy atom. The van der Waals surface area contributed by atoms with Gasteiger partial charge < -0.3 is 10.5 Å². The third kappa shape index (κ3) is 3.83. The summed E-state index contributed by atoms with van der Waals surface area (Å²) in [4.78, 5) is 11.2. The van der Waals surface area contributed by atoms with Gasteiger partial charge >= 0.3 is 0 Å². The van der Waals surface area contributed by atoms with Crippen LogP contribution < -0.4 is 10.5 Å².